The van der Waals surface area contributed by atoms with Crippen molar-refractivity contribution < 1.29 is 0 Å². The second-order valence-corrected chi connectivity index (χ2v) is 3.70. The van der Waals surface area contributed by atoms with Crippen LogP contribution >= 0.6 is 0 Å². The second-order valence-electron chi connectivity index (χ2n) is 3.70. The van der Waals surface area contributed by atoms with Crippen molar-refractivity contribution in [1.82, 2.24) is 4.90 Å². The molecule has 0 aromatic rings. The topological polar surface area (TPSA) is 55.3 Å². The highest BCUT2D eigenvalue weighted by Crippen LogP contribution is 2.09. The van der Waals surface area contributed by atoms with Crippen LogP contribution in [0, 0.1) is 5.92 Å². The fraction of sp³-hybridized carbons (Fsp3) is 1.00. The van der Waals surface area contributed by atoms with Crippen molar-refractivity contribution in [1.29, 1.82) is 0 Å². The minimum atomic E-state index is 0.503. The van der Waals surface area contributed by atoms with Gasteiger partial charge in [-0.15, -0.1) is 0 Å². The number of hydrogen-bond donors (Lipinski definition) is 2. The van der Waals surface area contributed by atoms with Gasteiger partial charge in [0, 0.05) is 6.54 Å². The summed E-state index contributed by atoms with van der Waals surface area (Å²) in [5, 5.41) is 0. The average Bonchev–Trinajstić information content (AvgIpc) is 2.16. The zero-order valence-corrected chi connectivity index (χ0v) is 7.84. The largest absolute Gasteiger partial charge is 0.330 e. The van der Waals surface area contributed by atoms with E-state index < -0.39 is 0 Å². The molecule has 0 atom stereocenters. The Hall–Kier alpha value is -0.120. The third kappa shape index (κ3) is 3.09. The van der Waals surface area contributed by atoms with Gasteiger partial charge in [-0.1, -0.05) is 6.42 Å². The zero-order valence-electron chi connectivity index (χ0n) is 7.84. The summed E-state index contributed by atoms with van der Waals surface area (Å²) < 4.78 is 0. The molecule has 0 aliphatic carbocycles. The van der Waals surface area contributed by atoms with Crippen molar-refractivity contribution in [2.75, 3.05) is 32.7 Å². The highest BCUT2D eigenvalue weighted by atomic mass is 15.1. The summed E-state index contributed by atoms with van der Waals surface area (Å²) in [4.78, 5) is 2.49. The first kappa shape index (κ1) is 9.96. The van der Waals surface area contributed by atoms with Gasteiger partial charge < -0.3 is 16.4 Å². The quantitative estimate of drug-likeness (QED) is 0.626. The number of hydrogen-bond acceptors (Lipinski definition) is 3. The van der Waals surface area contributed by atoms with Crippen LogP contribution in [0.3, 0.4) is 0 Å². The molecule has 1 fully saturated rings. The Morgan fingerprint density at radius 2 is 1.58 bits per heavy atom. The molecule has 4 N–H and O–H groups in total. The molecule has 0 spiro atoms. The standard InChI is InChI=1S/C9H21N3/c10-6-9(7-11)8-12-4-2-1-3-5-12/h9H,1-8,10-11H2. The fourth-order valence-corrected chi connectivity index (χ4v) is 1.75. The molecule has 0 aromatic carbocycles. The van der Waals surface area contributed by atoms with Crippen molar-refractivity contribution in [3.05, 3.63) is 0 Å². The third-order valence-electron chi connectivity index (χ3n) is 2.63. The van der Waals surface area contributed by atoms with Gasteiger partial charge in [-0.3, -0.25) is 0 Å². The van der Waals surface area contributed by atoms with Crippen LogP contribution in [0.25, 0.3) is 0 Å². The molecule has 0 bridgehead atoms. The molecular weight excluding hydrogens is 150 g/mol. The van der Waals surface area contributed by atoms with Crippen LogP contribution < -0.4 is 11.5 Å². The predicted molar refractivity (Wildman–Crippen MR) is 51.9 cm³/mol. The van der Waals surface area contributed by atoms with Gasteiger partial charge in [0.2, 0.25) is 0 Å². The first-order valence-electron chi connectivity index (χ1n) is 4.99. The van der Waals surface area contributed by atoms with E-state index in [0.717, 1.165) is 19.6 Å². The Labute approximate surface area is 75.1 Å². The molecule has 1 rings (SSSR count). The number of piperidine rings is 1. The SMILES string of the molecule is NCC(CN)CN1CCCCC1. The van der Waals surface area contributed by atoms with Crippen LogP contribution in [-0.4, -0.2) is 37.6 Å². The molecular formula is C9H21N3. The Morgan fingerprint density at radius 1 is 1.00 bits per heavy atom. The molecule has 3 heteroatoms. The highest BCUT2D eigenvalue weighted by molar-refractivity contribution is 4.70. The highest BCUT2D eigenvalue weighted by Gasteiger charge is 2.13. The lowest BCUT2D eigenvalue weighted by molar-refractivity contribution is 0.199. The van der Waals surface area contributed by atoms with Crippen molar-refractivity contribution in [2.24, 2.45) is 17.4 Å². The predicted octanol–water partition coefficient (Wildman–Crippen LogP) is 0.00590. The van der Waals surface area contributed by atoms with E-state index in [1.165, 1.54) is 32.4 Å². The van der Waals surface area contributed by atoms with Gasteiger partial charge in [0.15, 0.2) is 0 Å². The van der Waals surface area contributed by atoms with E-state index in [1.807, 2.05) is 0 Å². The first-order valence-corrected chi connectivity index (χ1v) is 4.99. The third-order valence-corrected chi connectivity index (χ3v) is 2.63. The van der Waals surface area contributed by atoms with Crippen molar-refractivity contribution in [2.45, 2.75) is 19.3 Å². The van der Waals surface area contributed by atoms with Crippen LogP contribution in [0.2, 0.25) is 0 Å². The maximum Gasteiger partial charge on any atom is 0.00338 e. The first-order chi connectivity index (χ1) is 5.86. The Balaban J connectivity index is 2.18. The number of nitrogens with two attached hydrogens (primary N) is 2. The molecule has 1 aliphatic rings. The molecule has 0 aromatic heterocycles. The van der Waals surface area contributed by atoms with Gasteiger partial charge in [-0.2, -0.15) is 0 Å². The summed E-state index contributed by atoms with van der Waals surface area (Å²) in [5.41, 5.74) is 11.2. The molecule has 1 aliphatic heterocycles. The lowest BCUT2D eigenvalue weighted by Crippen LogP contribution is -2.39. The lowest BCUT2D eigenvalue weighted by atomic mass is 10.1. The summed E-state index contributed by atoms with van der Waals surface area (Å²) in [6, 6.07) is 0. The van der Waals surface area contributed by atoms with Crippen LogP contribution in [0.4, 0.5) is 0 Å². The monoisotopic (exact) mass is 171 g/mol. The van der Waals surface area contributed by atoms with E-state index >= 15 is 0 Å². The van der Waals surface area contributed by atoms with E-state index in [-0.39, 0.29) is 0 Å². The number of nitrogens with zero attached hydrogens (tertiary/aromatic N) is 1. The maximum atomic E-state index is 5.59. The summed E-state index contributed by atoms with van der Waals surface area (Å²) >= 11 is 0. The van der Waals surface area contributed by atoms with Gasteiger partial charge in [-0.25, -0.2) is 0 Å². The fourth-order valence-electron chi connectivity index (χ4n) is 1.75. The van der Waals surface area contributed by atoms with E-state index in [0.29, 0.717) is 5.92 Å². The summed E-state index contributed by atoms with van der Waals surface area (Å²) in [6.07, 6.45) is 4.09. The lowest BCUT2D eigenvalue weighted by Gasteiger charge is -2.29. The van der Waals surface area contributed by atoms with Crippen LogP contribution in [0.15, 0.2) is 0 Å². The van der Waals surface area contributed by atoms with Crippen molar-refractivity contribution in [3.8, 4) is 0 Å². The van der Waals surface area contributed by atoms with Crippen LogP contribution in [0.1, 0.15) is 19.3 Å². The Kier molecular flexibility index (Phi) is 4.58. The number of rotatable bonds is 4. The van der Waals surface area contributed by atoms with Gasteiger partial charge in [-0.05, 0) is 44.9 Å². The number of likely N-dealkylation sites (tertiary alicyclic amines) is 1. The molecule has 0 saturated carbocycles. The van der Waals surface area contributed by atoms with Gasteiger partial charge in [0.1, 0.15) is 0 Å². The summed E-state index contributed by atoms with van der Waals surface area (Å²) in [5.74, 6) is 0.503. The van der Waals surface area contributed by atoms with E-state index in [9.17, 15) is 0 Å². The minimum Gasteiger partial charge on any atom is -0.330 e. The molecule has 1 saturated heterocycles. The molecule has 0 amide bonds. The molecule has 72 valence electrons. The van der Waals surface area contributed by atoms with Crippen molar-refractivity contribution in [3.63, 3.8) is 0 Å². The molecule has 1 heterocycles. The smallest absolute Gasteiger partial charge is 0.00338 e. The van der Waals surface area contributed by atoms with Gasteiger partial charge in [0.05, 0.1) is 0 Å². The average molecular weight is 171 g/mol. The summed E-state index contributed by atoms with van der Waals surface area (Å²) in [7, 11) is 0. The van der Waals surface area contributed by atoms with Gasteiger partial charge >= 0.3 is 0 Å². The molecule has 12 heavy (non-hydrogen) atoms. The van der Waals surface area contributed by atoms with Crippen molar-refractivity contribution >= 4 is 0 Å². The minimum absolute atomic E-state index is 0.503. The molecule has 0 radical (unpaired) electrons. The molecule has 3 nitrogen and oxygen atoms in total. The van der Waals surface area contributed by atoms with E-state index in [2.05, 4.69) is 4.90 Å². The molecule has 0 unspecified atom stereocenters. The van der Waals surface area contributed by atoms with E-state index in [4.69, 9.17) is 11.5 Å². The van der Waals surface area contributed by atoms with Crippen LogP contribution in [0.5, 0.6) is 0 Å². The zero-order chi connectivity index (χ0) is 8.81. The Morgan fingerprint density at radius 3 is 2.08 bits per heavy atom. The second kappa shape index (κ2) is 5.51. The summed E-state index contributed by atoms with van der Waals surface area (Å²) in [6.45, 7) is 5.06. The van der Waals surface area contributed by atoms with Gasteiger partial charge in [0.25, 0.3) is 0 Å². The van der Waals surface area contributed by atoms with E-state index in [1.54, 1.807) is 0 Å². The van der Waals surface area contributed by atoms with Crippen LogP contribution in [-0.2, 0) is 0 Å². The Bertz CT molecular complexity index is 106. The maximum absolute atomic E-state index is 5.59. The normalized spacial score (nSPS) is 20.2.